The van der Waals surface area contributed by atoms with Crippen LogP contribution >= 0.6 is 24.0 Å². The number of carbonyl (C=O) groups excluding carboxylic acids is 1. The van der Waals surface area contributed by atoms with Crippen molar-refractivity contribution in [3.8, 4) is 24.2 Å². The highest BCUT2D eigenvalue weighted by molar-refractivity contribution is 8.24. The van der Waals surface area contributed by atoms with Crippen LogP contribution in [0.4, 0.5) is 5.69 Å². The van der Waals surface area contributed by atoms with Crippen LogP contribution in [0.15, 0.2) is 48.5 Å². The minimum Gasteiger partial charge on any atom is -0.481 e. The fourth-order valence-corrected chi connectivity index (χ4v) is 4.21. The van der Waals surface area contributed by atoms with Gasteiger partial charge in [0.25, 0.3) is 5.69 Å². The topological polar surface area (TPSA) is 102 Å². The number of nitriles is 1. The van der Waals surface area contributed by atoms with Gasteiger partial charge in [0.1, 0.15) is 23.7 Å². The lowest BCUT2D eigenvalue weighted by Crippen LogP contribution is -2.22. The molecule has 0 amide bonds. The molecule has 1 atom stereocenters. The van der Waals surface area contributed by atoms with Crippen LogP contribution in [0.3, 0.4) is 0 Å². The van der Waals surface area contributed by atoms with Crippen molar-refractivity contribution >= 4 is 39.8 Å². The Morgan fingerprint density at radius 2 is 2.03 bits per heavy atom. The fraction of sp³-hybridized carbons (Fsp3) is 0.261. The third kappa shape index (κ3) is 7.38. The maximum atomic E-state index is 12.3. The highest BCUT2D eigenvalue weighted by Gasteiger charge is 2.28. The predicted octanol–water partition coefficient (Wildman–Crippen LogP) is 4.82. The van der Waals surface area contributed by atoms with E-state index >= 15 is 0 Å². The molecule has 0 aliphatic rings. The number of esters is 1. The molecule has 2 rings (SSSR count). The largest absolute Gasteiger partial charge is 0.481 e. The minimum atomic E-state index is -0.930. The number of terminal acetylenes is 1. The first-order chi connectivity index (χ1) is 15.3. The third-order valence-corrected chi connectivity index (χ3v) is 5.98. The fourth-order valence-electron chi connectivity index (χ4n) is 2.61. The number of benzene rings is 2. The van der Waals surface area contributed by atoms with E-state index in [1.54, 1.807) is 6.92 Å². The van der Waals surface area contributed by atoms with Gasteiger partial charge in [0.2, 0.25) is 0 Å². The van der Waals surface area contributed by atoms with Crippen molar-refractivity contribution in [1.29, 1.82) is 5.26 Å². The SMILES string of the molecule is C#CCOc1ccc([N+](=O)[O-])c(COC(=O)CC[C@@](C)(C#N)SC(=S)c2ccccc2)c1. The molecule has 0 aliphatic carbocycles. The second-order valence-electron chi connectivity index (χ2n) is 6.80. The van der Waals surface area contributed by atoms with Crippen LogP contribution in [-0.2, 0) is 16.1 Å². The lowest BCUT2D eigenvalue weighted by atomic mass is 10.1. The molecule has 0 spiro atoms. The zero-order chi connectivity index (χ0) is 23.6. The molecular formula is C23H20N2O5S2. The smallest absolute Gasteiger partial charge is 0.306 e. The number of hydrogen-bond acceptors (Lipinski definition) is 8. The van der Waals surface area contributed by atoms with Crippen molar-refractivity contribution in [1.82, 2.24) is 0 Å². The summed E-state index contributed by atoms with van der Waals surface area (Å²) in [5, 5.41) is 20.9. The van der Waals surface area contributed by atoms with E-state index in [0.29, 0.717) is 9.95 Å². The van der Waals surface area contributed by atoms with Crippen LogP contribution in [0, 0.1) is 33.8 Å². The van der Waals surface area contributed by atoms with Gasteiger partial charge in [-0.25, -0.2) is 0 Å². The number of ether oxygens (including phenoxy) is 2. The number of nitro benzene ring substituents is 1. The molecule has 0 N–H and O–H groups in total. The molecule has 0 unspecified atom stereocenters. The van der Waals surface area contributed by atoms with E-state index in [-0.39, 0.29) is 37.3 Å². The Labute approximate surface area is 195 Å². The first-order valence-electron chi connectivity index (χ1n) is 9.47. The number of carbonyl (C=O) groups is 1. The summed E-state index contributed by atoms with van der Waals surface area (Å²) in [6, 6.07) is 15.6. The van der Waals surface area contributed by atoms with Gasteiger partial charge in [-0.2, -0.15) is 5.26 Å². The second-order valence-corrected chi connectivity index (χ2v) is 8.98. The Morgan fingerprint density at radius 3 is 2.66 bits per heavy atom. The molecule has 7 nitrogen and oxygen atoms in total. The van der Waals surface area contributed by atoms with E-state index < -0.39 is 15.6 Å². The van der Waals surface area contributed by atoms with Crippen molar-refractivity contribution in [3.05, 3.63) is 69.8 Å². The summed E-state index contributed by atoms with van der Waals surface area (Å²) in [6.07, 6.45) is 5.30. The second kappa shape index (κ2) is 11.8. The average molecular weight is 469 g/mol. The number of thioether (sulfide) groups is 1. The summed E-state index contributed by atoms with van der Waals surface area (Å²) >= 11 is 6.63. The average Bonchev–Trinajstić information content (AvgIpc) is 2.80. The van der Waals surface area contributed by atoms with E-state index in [1.807, 2.05) is 30.3 Å². The van der Waals surface area contributed by atoms with Crippen molar-refractivity contribution in [2.45, 2.75) is 31.1 Å². The zero-order valence-corrected chi connectivity index (χ0v) is 18.9. The van der Waals surface area contributed by atoms with Gasteiger partial charge in [0, 0.05) is 12.5 Å². The number of thiocarbonyl (C=S) groups is 1. The lowest BCUT2D eigenvalue weighted by molar-refractivity contribution is -0.385. The van der Waals surface area contributed by atoms with E-state index in [4.69, 9.17) is 28.1 Å². The van der Waals surface area contributed by atoms with Crippen molar-refractivity contribution in [2.24, 2.45) is 0 Å². The Morgan fingerprint density at radius 1 is 1.31 bits per heavy atom. The molecule has 0 heterocycles. The van der Waals surface area contributed by atoms with Crippen molar-refractivity contribution in [3.63, 3.8) is 0 Å². The van der Waals surface area contributed by atoms with E-state index in [0.717, 1.165) is 5.56 Å². The highest BCUT2D eigenvalue weighted by atomic mass is 32.2. The van der Waals surface area contributed by atoms with Crippen LogP contribution < -0.4 is 4.74 Å². The maximum absolute atomic E-state index is 12.3. The first-order valence-corrected chi connectivity index (χ1v) is 10.7. The Hall–Kier alpha value is -3.40. The van der Waals surface area contributed by atoms with Gasteiger partial charge in [-0.3, -0.25) is 14.9 Å². The Kier molecular flexibility index (Phi) is 9.21. The summed E-state index contributed by atoms with van der Waals surface area (Å²) in [4.78, 5) is 23.0. The number of rotatable bonds is 10. The van der Waals surface area contributed by atoms with Gasteiger partial charge >= 0.3 is 5.97 Å². The summed E-state index contributed by atoms with van der Waals surface area (Å²) in [5.74, 6) is 2.06. The van der Waals surface area contributed by atoms with Gasteiger partial charge in [-0.05, 0) is 31.0 Å². The highest BCUT2D eigenvalue weighted by Crippen LogP contribution is 2.33. The van der Waals surface area contributed by atoms with Gasteiger partial charge in [0.05, 0.1) is 20.8 Å². The lowest BCUT2D eigenvalue weighted by Gasteiger charge is -2.21. The number of nitrogens with zero attached hydrogens (tertiary/aromatic N) is 2. The molecular weight excluding hydrogens is 448 g/mol. The van der Waals surface area contributed by atoms with Gasteiger partial charge < -0.3 is 9.47 Å². The van der Waals surface area contributed by atoms with Crippen LogP contribution in [0.5, 0.6) is 5.75 Å². The zero-order valence-electron chi connectivity index (χ0n) is 17.3. The third-order valence-electron chi connectivity index (χ3n) is 4.33. The number of nitro groups is 1. The summed E-state index contributed by atoms with van der Waals surface area (Å²) in [6.45, 7) is 1.41. The van der Waals surface area contributed by atoms with Crippen LogP contribution in [0.1, 0.15) is 30.9 Å². The summed E-state index contributed by atoms with van der Waals surface area (Å²) in [5.41, 5.74) is 0.813. The standard InChI is InChI=1S/C23H20N2O5S2/c1-3-13-29-19-9-10-20(25(27)28)18(14-19)15-30-21(26)11-12-23(2,16-24)32-22(31)17-7-5-4-6-8-17/h1,4-10,14H,11-13,15H2,2H3/t23-/m0/s1. The molecule has 0 aliphatic heterocycles. The van der Waals surface area contributed by atoms with E-state index in [1.165, 1.54) is 30.0 Å². The molecule has 0 bridgehead atoms. The summed E-state index contributed by atoms with van der Waals surface area (Å²) < 4.78 is 10.1. The molecule has 9 heteroatoms. The van der Waals surface area contributed by atoms with Gasteiger partial charge in [-0.15, -0.1) is 6.42 Å². The van der Waals surface area contributed by atoms with E-state index in [2.05, 4.69) is 12.0 Å². The number of hydrogen-bond donors (Lipinski definition) is 0. The molecule has 0 aromatic heterocycles. The molecule has 0 saturated heterocycles. The van der Waals surface area contributed by atoms with Crippen molar-refractivity contribution < 1.29 is 19.2 Å². The predicted molar refractivity (Wildman–Crippen MR) is 126 cm³/mol. The monoisotopic (exact) mass is 468 g/mol. The first kappa shape index (κ1) is 24.9. The molecule has 0 fully saturated rings. The maximum Gasteiger partial charge on any atom is 0.306 e. The van der Waals surface area contributed by atoms with E-state index in [9.17, 15) is 20.2 Å². The quantitative estimate of drug-likeness (QED) is 0.161. The van der Waals surface area contributed by atoms with Crippen LogP contribution in [0.25, 0.3) is 0 Å². The van der Waals surface area contributed by atoms with Gasteiger partial charge in [-0.1, -0.05) is 60.2 Å². The molecule has 32 heavy (non-hydrogen) atoms. The van der Waals surface area contributed by atoms with Gasteiger partial charge in [0.15, 0.2) is 0 Å². The molecule has 164 valence electrons. The molecule has 0 radical (unpaired) electrons. The summed E-state index contributed by atoms with van der Waals surface area (Å²) in [7, 11) is 0. The Balaban J connectivity index is 1.97. The normalized spacial score (nSPS) is 12.0. The molecule has 2 aromatic rings. The molecule has 2 aromatic carbocycles. The minimum absolute atomic E-state index is 0.00624. The Bertz CT molecular complexity index is 1080. The van der Waals surface area contributed by atoms with Crippen molar-refractivity contribution in [2.75, 3.05) is 6.61 Å². The van der Waals surface area contributed by atoms with Crippen LogP contribution in [0.2, 0.25) is 0 Å². The molecule has 0 saturated carbocycles. The van der Waals surface area contributed by atoms with Crippen LogP contribution in [-0.4, -0.2) is 26.4 Å².